The van der Waals surface area contributed by atoms with E-state index in [2.05, 4.69) is 6.58 Å². The molecule has 1 heterocycles. The Morgan fingerprint density at radius 2 is 1.76 bits per heavy atom. The topological polar surface area (TPSA) is 57.6 Å². The summed E-state index contributed by atoms with van der Waals surface area (Å²) in [5.74, 6) is -2.50. The van der Waals surface area contributed by atoms with Gasteiger partial charge in [-0.05, 0) is 6.07 Å². The molecule has 0 unspecified atom stereocenters. The Bertz CT molecular complexity index is 874. The van der Waals surface area contributed by atoms with Crippen molar-refractivity contribution in [3.05, 3.63) is 89.8 Å². The summed E-state index contributed by atoms with van der Waals surface area (Å²) in [4.78, 5) is 26.1. The van der Waals surface area contributed by atoms with E-state index < -0.39 is 23.5 Å². The first-order valence-corrected chi connectivity index (χ1v) is 7.75. The van der Waals surface area contributed by atoms with Crippen molar-refractivity contribution >= 4 is 17.4 Å². The van der Waals surface area contributed by atoms with E-state index in [0.717, 1.165) is 0 Å². The van der Waals surface area contributed by atoms with Gasteiger partial charge in [-0.1, -0.05) is 54.6 Å². The maximum atomic E-state index is 14.4. The quantitative estimate of drug-likeness (QED) is 0.402. The van der Waals surface area contributed by atoms with E-state index in [0.29, 0.717) is 5.56 Å². The number of carbonyl (C=O) groups excluding carboxylic acids is 2. The average Bonchev–Trinajstić information content (AvgIpc) is 2.87. The number of amides is 1. The van der Waals surface area contributed by atoms with Crippen LogP contribution in [0.5, 0.6) is 0 Å². The monoisotopic (exact) mass is 337 g/mol. The number of rotatable bonds is 4. The number of aliphatic hydroxyl groups excluding tert-OH is 1. The Morgan fingerprint density at radius 3 is 2.40 bits per heavy atom. The third-order valence-corrected chi connectivity index (χ3v) is 4.11. The molecule has 1 aliphatic heterocycles. The normalized spacial score (nSPS) is 19.2. The van der Waals surface area contributed by atoms with Crippen LogP contribution in [0.1, 0.15) is 17.2 Å². The van der Waals surface area contributed by atoms with Crippen LogP contribution in [0.4, 0.5) is 4.39 Å². The van der Waals surface area contributed by atoms with Crippen molar-refractivity contribution in [3.63, 3.8) is 0 Å². The lowest BCUT2D eigenvalue weighted by Gasteiger charge is -2.24. The maximum absolute atomic E-state index is 14.4. The summed E-state index contributed by atoms with van der Waals surface area (Å²) < 4.78 is 14.4. The molecule has 1 atom stereocenters. The number of likely N-dealkylation sites (tertiary alicyclic amines) is 1. The van der Waals surface area contributed by atoms with Crippen LogP contribution in [0.3, 0.4) is 0 Å². The Labute approximate surface area is 144 Å². The van der Waals surface area contributed by atoms with E-state index in [-0.39, 0.29) is 23.4 Å². The summed E-state index contributed by atoms with van der Waals surface area (Å²) in [7, 11) is 0. The van der Waals surface area contributed by atoms with Crippen molar-refractivity contribution in [1.82, 2.24) is 4.90 Å². The van der Waals surface area contributed by atoms with Gasteiger partial charge in [0.2, 0.25) is 0 Å². The van der Waals surface area contributed by atoms with Crippen molar-refractivity contribution in [3.8, 4) is 0 Å². The molecule has 0 bridgehead atoms. The Balaban J connectivity index is 2.24. The molecule has 0 saturated carbocycles. The minimum absolute atomic E-state index is 0.0646. The third kappa shape index (κ3) is 2.85. The molecule has 2 aromatic rings. The number of nitrogens with zero attached hydrogens (tertiary/aromatic N) is 1. The fraction of sp³-hybridized carbons (Fsp3) is 0.100. The Hall–Kier alpha value is -3.21. The molecule has 5 heteroatoms. The average molecular weight is 337 g/mol. The van der Waals surface area contributed by atoms with E-state index in [1.165, 1.54) is 29.2 Å². The number of ketones is 1. The van der Waals surface area contributed by atoms with Crippen molar-refractivity contribution in [2.75, 3.05) is 6.54 Å². The SMILES string of the molecule is C=CCN1C(=O)C(=O)/C(=C(/O)c2ccccc2)[C@@H]1c1ccccc1F. The molecule has 0 aliphatic carbocycles. The molecule has 0 aromatic heterocycles. The summed E-state index contributed by atoms with van der Waals surface area (Å²) in [5, 5.41) is 10.6. The molecule has 126 valence electrons. The second kappa shape index (κ2) is 6.73. The van der Waals surface area contributed by atoms with Crippen LogP contribution in [0, 0.1) is 5.82 Å². The lowest BCUT2D eigenvalue weighted by molar-refractivity contribution is -0.139. The predicted octanol–water partition coefficient (Wildman–Crippen LogP) is 3.43. The Kier molecular flexibility index (Phi) is 4.48. The highest BCUT2D eigenvalue weighted by Crippen LogP contribution is 2.40. The fourth-order valence-corrected chi connectivity index (χ4v) is 2.98. The number of hydrogen-bond donors (Lipinski definition) is 1. The molecule has 1 aliphatic rings. The minimum atomic E-state index is -1.00. The molecule has 1 saturated heterocycles. The maximum Gasteiger partial charge on any atom is 0.295 e. The summed E-state index contributed by atoms with van der Waals surface area (Å²) in [5.41, 5.74) is 0.421. The Morgan fingerprint density at radius 1 is 1.12 bits per heavy atom. The van der Waals surface area contributed by atoms with Gasteiger partial charge in [0.1, 0.15) is 11.6 Å². The molecule has 25 heavy (non-hydrogen) atoms. The lowest BCUT2D eigenvalue weighted by atomic mass is 9.95. The molecular weight excluding hydrogens is 321 g/mol. The number of Topliss-reactive ketones (excluding diaryl/α,β-unsaturated/α-hetero) is 1. The molecule has 2 aromatic carbocycles. The highest BCUT2D eigenvalue weighted by atomic mass is 19.1. The van der Waals surface area contributed by atoms with Crippen LogP contribution >= 0.6 is 0 Å². The van der Waals surface area contributed by atoms with Gasteiger partial charge in [-0.25, -0.2) is 4.39 Å². The van der Waals surface area contributed by atoms with Crippen LogP contribution in [0.15, 0.2) is 72.8 Å². The van der Waals surface area contributed by atoms with E-state index in [1.54, 1.807) is 36.4 Å². The van der Waals surface area contributed by atoms with Gasteiger partial charge in [-0.3, -0.25) is 9.59 Å². The third-order valence-electron chi connectivity index (χ3n) is 4.11. The zero-order valence-electron chi connectivity index (χ0n) is 13.4. The van der Waals surface area contributed by atoms with Crippen LogP contribution < -0.4 is 0 Å². The fourth-order valence-electron chi connectivity index (χ4n) is 2.98. The number of halogens is 1. The second-order valence-electron chi connectivity index (χ2n) is 5.63. The van der Waals surface area contributed by atoms with Gasteiger partial charge in [0.05, 0.1) is 11.6 Å². The first-order chi connectivity index (χ1) is 12.1. The largest absolute Gasteiger partial charge is 0.507 e. The predicted molar refractivity (Wildman–Crippen MR) is 92.0 cm³/mol. The molecular formula is C20H16FNO3. The molecule has 4 nitrogen and oxygen atoms in total. The standard InChI is InChI=1S/C20H16FNO3/c1-2-12-22-17(14-10-6-7-11-15(14)21)16(19(24)20(22)25)18(23)13-8-4-3-5-9-13/h2-11,17,23H,1,12H2/b18-16+/t17-/m0/s1. The highest BCUT2D eigenvalue weighted by Gasteiger charge is 2.46. The molecule has 0 radical (unpaired) electrons. The van der Waals surface area contributed by atoms with Crippen LogP contribution in [-0.2, 0) is 9.59 Å². The summed E-state index contributed by atoms with van der Waals surface area (Å²) >= 11 is 0. The van der Waals surface area contributed by atoms with Gasteiger partial charge in [-0.2, -0.15) is 0 Å². The molecule has 3 rings (SSSR count). The van der Waals surface area contributed by atoms with Crippen LogP contribution in [0.2, 0.25) is 0 Å². The van der Waals surface area contributed by atoms with Crippen molar-refractivity contribution in [2.24, 2.45) is 0 Å². The molecule has 1 N–H and O–H groups in total. The second-order valence-corrected chi connectivity index (χ2v) is 5.63. The zero-order chi connectivity index (χ0) is 18.0. The van der Waals surface area contributed by atoms with Crippen molar-refractivity contribution < 1.29 is 19.1 Å². The zero-order valence-corrected chi connectivity index (χ0v) is 13.4. The molecule has 1 amide bonds. The van der Waals surface area contributed by atoms with Gasteiger partial charge in [-0.15, -0.1) is 6.58 Å². The van der Waals surface area contributed by atoms with E-state index >= 15 is 0 Å². The van der Waals surface area contributed by atoms with Gasteiger partial charge >= 0.3 is 0 Å². The number of aliphatic hydroxyl groups is 1. The number of carbonyl (C=O) groups is 2. The van der Waals surface area contributed by atoms with E-state index in [4.69, 9.17) is 0 Å². The first-order valence-electron chi connectivity index (χ1n) is 7.75. The lowest BCUT2D eigenvalue weighted by Crippen LogP contribution is -2.30. The number of hydrogen-bond acceptors (Lipinski definition) is 3. The smallest absolute Gasteiger partial charge is 0.295 e. The first kappa shape index (κ1) is 16.6. The minimum Gasteiger partial charge on any atom is -0.507 e. The molecule has 0 spiro atoms. The number of benzene rings is 2. The molecule has 1 fully saturated rings. The van der Waals surface area contributed by atoms with Crippen molar-refractivity contribution in [2.45, 2.75) is 6.04 Å². The summed E-state index contributed by atoms with van der Waals surface area (Å²) in [6.07, 6.45) is 1.46. The summed E-state index contributed by atoms with van der Waals surface area (Å²) in [6, 6.07) is 13.3. The van der Waals surface area contributed by atoms with E-state index in [1.807, 2.05) is 0 Å². The van der Waals surface area contributed by atoms with Crippen molar-refractivity contribution in [1.29, 1.82) is 0 Å². The van der Waals surface area contributed by atoms with Crippen LogP contribution in [0.25, 0.3) is 5.76 Å². The van der Waals surface area contributed by atoms with Gasteiger partial charge < -0.3 is 10.0 Å². The van der Waals surface area contributed by atoms with Gasteiger partial charge in [0, 0.05) is 17.7 Å². The van der Waals surface area contributed by atoms with Crippen LogP contribution in [-0.4, -0.2) is 28.2 Å². The van der Waals surface area contributed by atoms with E-state index in [9.17, 15) is 19.1 Å². The van der Waals surface area contributed by atoms with Gasteiger partial charge in [0.25, 0.3) is 11.7 Å². The van der Waals surface area contributed by atoms with Gasteiger partial charge in [0.15, 0.2) is 0 Å². The summed E-state index contributed by atoms with van der Waals surface area (Å²) in [6.45, 7) is 3.65. The highest BCUT2D eigenvalue weighted by molar-refractivity contribution is 6.46.